The SMILES string of the molecule is COC1(CNC2CCN(c3ccccn3)CC2)CCOC1. The fourth-order valence-electron chi connectivity index (χ4n) is 3.14. The Bertz CT molecular complexity index is 426. The van der Waals surface area contributed by atoms with E-state index in [9.17, 15) is 0 Å². The minimum absolute atomic E-state index is 0.113. The maximum atomic E-state index is 5.67. The van der Waals surface area contributed by atoms with E-state index in [1.54, 1.807) is 7.11 Å². The van der Waals surface area contributed by atoms with Crippen molar-refractivity contribution < 1.29 is 9.47 Å². The number of nitrogens with one attached hydrogen (secondary N) is 1. The third-order valence-corrected chi connectivity index (χ3v) is 4.68. The summed E-state index contributed by atoms with van der Waals surface area (Å²) in [6.45, 7) is 4.53. The normalized spacial score (nSPS) is 27.2. The van der Waals surface area contributed by atoms with Gasteiger partial charge in [-0.15, -0.1) is 0 Å². The molecular formula is C16H25N3O2. The van der Waals surface area contributed by atoms with E-state index in [4.69, 9.17) is 9.47 Å². The summed E-state index contributed by atoms with van der Waals surface area (Å²) in [6, 6.07) is 6.67. The van der Waals surface area contributed by atoms with Crippen LogP contribution in [0.3, 0.4) is 0 Å². The van der Waals surface area contributed by atoms with Crippen LogP contribution in [0.5, 0.6) is 0 Å². The topological polar surface area (TPSA) is 46.6 Å². The minimum Gasteiger partial charge on any atom is -0.378 e. The molecule has 1 atom stereocenters. The van der Waals surface area contributed by atoms with Crippen molar-refractivity contribution >= 4 is 5.82 Å². The lowest BCUT2D eigenvalue weighted by Gasteiger charge is -2.35. The standard InChI is InChI=1S/C16H25N3O2/c1-20-16(7-11-21-13-16)12-18-14-5-9-19(10-6-14)15-4-2-3-8-17-15/h2-4,8,14,18H,5-7,9-13H2,1H3. The van der Waals surface area contributed by atoms with Crippen LogP contribution < -0.4 is 10.2 Å². The molecule has 1 aromatic rings. The Balaban J connectivity index is 1.46. The largest absolute Gasteiger partial charge is 0.378 e. The number of nitrogens with zero attached hydrogens (tertiary/aromatic N) is 2. The van der Waals surface area contributed by atoms with E-state index in [0.717, 1.165) is 51.3 Å². The molecule has 0 aliphatic carbocycles. The lowest BCUT2D eigenvalue weighted by molar-refractivity contribution is -0.0179. The van der Waals surface area contributed by atoms with E-state index in [-0.39, 0.29) is 5.60 Å². The maximum Gasteiger partial charge on any atom is 0.128 e. The third-order valence-electron chi connectivity index (χ3n) is 4.68. The highest BCUT2D eigenvalue weighted by Crippen LogP contribution is 2.23. The summed E-state index contributed by atoms with van der Waals surface area (Å²) in [4.78, 5) is 6.79. The predicted molar refractivity (Wildman–Crippen MR) is 82.7 cm³/mol. The van der Waals surface area contributed by atoms with Gasteiger partial charge in [-0.3, -0.25) is 0 Å². The molecule has 2 aliphatic heterocycles. The second-order valence-electron chi connectivity index (χ2n) is 6.02. The molecule has 3 rings (SSSR count). The van der Waals surface area contributed by atoms with E-state index in [2.05, 4.69) is 27.3 Å². The van der Waals surface area contributed by atoms with Crippen LogP contribution >= 0.6 is 0 Å². The van der Waals surface area contributed by atoms with Crippen LogP contribution in [0.25, 0.3) is 0 Å². The van der Waals surface area contributed by atoms with E-state index < -0.39 is 0 Å². The molecule has 5 nitrogen and oxygen atoms in total. The summed E-state index contributed by atoms with van der Waals surface area (Å²) in [6.07, 6.45) is 5.15. The summed E-state index contributed by atoms with van der Waals surface area (Å²) < 4.78 is 11.2. The number of pyridine rings is 1. The lowest BCUT2D eigenvalue weighted by atomic mass is 10.00. The molecule has 0 amide bonds. The monoisotopic (exact) mass is 291 g/mol. The highest BCUT2D eigenvalue weighted by molar-refractivity contribution is 5.38. The Kier molecular flexibility index (Phi) is 4.73. The van der Waals surface area contributed by atoms with Crippen LogP contribution in [-0.4, -0.2) is 56.6 Å². The number of ether oxygens (including phenoxy) is 2. The predicted octanol–water partition coefficient (Wildman–Crippen LogP) is 1.45. The summed E-state index contributed by atoms with van der Waals surface area (Å²) in [5.74, 6) is 1.09. The van der Waals surface area contributed by atoms with Gasteiger partial charge in [0.1, 0.15) is 11.4 Å². The molecule has 21 heavy (non-hydrogen) atoms. The van der Waals surface area contributed by atoms with Crippen LogP contribution in [-0.2, 0) is 9.47 Å². The van der Waals surface area contributed by atoms with Crippen LogP contribution in [0.1, 0.15) is 19.3 Å². The van der Waals surface area contributed by atoms with E-state index >= 15 is 0 Å². The van der Waals surface area contributed by atoms with E-state index in [1.165, 1.54) is 0 Å². The van der Waals surface area contributed by atoms with Crippen molar-refractivity contribution in [1.29, 1.82) is 0 Å². The van der Waals surface area contributed by atoms with Gasteiger partial charge in [-0.2, -0.15) is 0 Å². The Labute approximate surface area is 126 Å². The van der Waals surface area contributed by atoms with E-state index in [1.807, 2.05) is 12.3 Å². The molecular weight excluding hydrogens is 266 g/mol. The summed E-state index contributed by atoms with van der Waals surface area (Å²) in [5.41, 5.74) is -0.113. The van der Waals surface area contributed by atoms with Gasteiger partial charge in [0.2, 0.25) is 0 Å². The first kappa shape index (κ1) is 14.8. The first-order chi connectivity index (χ1) is 10.3. The Morgan fingerprint density at radius 3 is 2.90 bits per heavy atom. The summed E-state index contributed by atoms with van der Waals surface area (Å²) >= 11 is 0. The molecule has 0 aromatic carbocycles. The Hall–Kier alpha value is -1.17. The number of anilines is 1. The Morgan fingerprint density at radius 1 is 1.43 bits per heavy atom. The van der Waals surface area contributed by atoms with Gasteiger partial charge in [-0.05, 0) is 25.0 Å². The van der Waals surface area contributed by atoms with Crippen molar-refractivity contribution in [2.75, 3.05) is 44.9 Å². The zero-order valence-electron chi connectivity index (χ0n) is 12.8. The molecule has 0 radical (unpaired) electrons. The Morgan fingerprint density at radius 2 is 2.29 bits per heavy atom. The van der Waals surface area contributed by atoms with Crippen LogP contribution in [0, 0.1) is 0 Å². The van der Waals surface area contributed by atoms with E-state index in [0.29, 0.717) is 12.6 Å². The van der Waals surface area contributed by atoms with Crippen LogP contribution in [0.15, 0.2) is 24.4 Å². The van der Waals surface area contributed by atoms with Gasteiger partial charge in [0.25, 0.3) is 0 Å². The molecule has 2 saturated heterocycles. The molecule has 1 aromatic heterocycles. The van der Waals surface area contributed by atoms with Crippen molar-refractivity contribution in [1.82, 2.24) is 10.3 Å². The van der Waals surface area contributed by atoms with Crippen molar-refractivity contribution in [3.63, 3.8) is 0 Å². The highest BCUT2D eigenvalue weighted by Gasteiger charge is 2.35. The quantitative estimate of drug-likeness (QED) is 0.889. The third kappa shape index (κ3) is 3.54. The summed E-state index contributed by atoms with van der Waals surface area (Å²) in [7, 11) is 1.79. The molecule has 2 fully saturated rings. The summed E-state index contributed by atoms with van der Waals surface area (Å²) in [5, 5.41) is 3.68. The minimum atomic E-state index is -0.113. The molecule has 2 aliphatic rings. The maximum absolute atomic E-state index is 5.67. The molecule has 0 saturated carbocycles. The molecule has 5 heteroatoms. The second-order valence-corrected chi connectivity index (χ2v) is 6.02. The highest BCUT2D eigenvalue weighted by atomic mass is 16.5. The first-order valence-electron chi connectivity index (χ1n) is 7.84. The van der Waals surface area contributed by atoms with Crippen molar-refractivity contribution in [3.05, 3.63) is 24.4 Å². The fraction of sp³-hybridized carbons (Fsp3) is 0.688. The van der Waals surface area contributed by atoms with Gasteiger partial charge >= 0.3 is 0 Å². The van der Waals surface area contributed by atoms with Gasteiger partial charge in [0, 0.05) is 52.0 Å². The zero-order valence-corrected chi connectivity index (χ0v) is 12.8. The molecule has 1 unspecified atom stereocenters. The van der Waals surface area contributed by atoms with Crippen molar-refractivity contribution in [2.45, 2.75) is 30.9 Å². The first-order valence-corrected chi connectivity index (χ1v) is 7.84. The van der Waals surface area contributed by atoms with Gasteiger partial charge in [0.15, 0.2) is 0 Å². The van der Waals surface area contributed by atoms with Crippen molar-refractivity contribution in [3.8, 4) is 0 Å². The zero-order chi connectivity index (χ0) is 14.5. The number of rotatable bonds is 5. The van der Waals surface area contributed by atoms with Crippen LogP contribution in [0.2, 0.25) is 0 Å². The smallest absolute Gasteiger partial charge is 0.128 e. The van der Waals surface area contributed by atoms with Crippen LogP contribution in [0.4, 0.5) is 5.82 Å². The number of methoxy groups -OCH3 is 1. The second kappa shape index (κ2) is 6.73. The number of hydrogen-bond donors (Lipinski definition) is 1. The van der Waals surface area contributed by atoms with Gasteiger partial charge < -0.3 is 19.7 Å². The molecule has 0 spiro atoms. The average molecular weight is 291 g/mol. The molecule has 0 bridgehead atoms. The lowest BCUT2D eigenvalue weighted by Crippen LogP contribution is -2.49. The average Bonchev–Trinajstić information content (AvgIpc) is 3.04. The van der Waals surface area contributed by atoms with Gasteiger partial charge in [-0.1, -0.05) is 6.07 Å². The van der Waals surface area contributed by atoms with Gasteiger partial charge in [0.05, 0.1) is 6.61 Å². The molecule has 3 heterocycles. The number of hydrogen-bond acceptors (Lipinski definition) is 5. The number of piperidine rings is 1. The van der Waals surface area contributed by atoms with Gasteiger partial charge in [-0.25, -0.2) is 4.98 Å². The van der Waals surface area contributed by atoms with Crippen molar-refractivity contribution in [2.24, 2.45) is 0 Å². The molecule has 1 N–H and O–H groups in total. The number of aromatic nitrogens is 1. The molecule has 116 valence electrons. The fourth-order valence-corrected chi connectivity index (χ4v) is 3.14.